The first kappa shape index (κ1) is 43.7. The fourth-order valence-electron chi connectivity index (χ4n) is 6.67. The lowest BCUT2D eigenvalue weighted by Crippen LogP contribution is -2.48. The van der Waals surface area contributed by atoms with Crippen LogP contribution >= 0.6 is 0 Å². The van der Waals surface area contributed by atoms with Crippen LogP contribution in [0.15, 0.2) is 54.6 Å². The molecular formula is C42H57N3O9. The molecule has 1 fully saturated rings. The van der Waals surface area contributed by atoms with E-state index >= 15 is 0 Å². The van der Waals surface area contributed by atoms with Gasteiger partial charge in [0.25, 0.3) is 0 Å². The van der Waals surface area contributed by atoms with E-state index in [-0.39, 0.29) is 61.6 Å². The number of nitrogens with zero attached hydrogens (tertiary/aromatic N) is 1. The van der Waals surface area contributed by atoms with Crippen molar-refractivity contribution in [2.75, 3.05) is 20.2 Å². The lowest BCUT2D eigenvalue weighted by molar-refractivity contribution is -0.143. The third-order valence-corrected chi connectivity index (χ3v) is 9.50. The smallest absolute Gasteiger partial charge is 0.305 e. The number of hydrogen-bond donors (Lipinski definition) is 2. The second-order valence-electron chi connectivity index (χ2n) is 14.9. The molecule has 0 aromatic heterocycles. The number of benzene rings is 2. The summed E-state index contributed by atoms with van der Waals surface area (Å²) in [4.78, 5) is 92.2. The van der Waals surface area contributed by atoms with Crippen molar-refractivity contribution in [1.29, 1.82) is 0 Å². The van der Waals surface area contributed by atoms with Gasteiger partial charge in [-0.1, -0.05) is 82.3 Å². The summed E-state index contributed by atoms with van der Waals surface area (Å²) < 4.78 is 10.7. The van der Waals surface area contributed by atoms with Gasteiger partial charge in [-0.25, -0.2) is 0 Å². The molecule has 0 bridgehead atoms. The van der Waals surface area contributed by atoms with E-state index in [1.54, 1.807) is 4.90 Å². The molecule has 54 heavy (non-hydrogen) atoms. The van der Waals surface area contributed by atoms with E-state index < -0.39 is 54.2 Å². The van der Waals surface area contributed by atoms with Gasteiger partial charge in [-0.2, -0.15) is 0 Å². The maximum atomic E-state index is 13.7. The normalized spacial score (nSPS) is 15.7. The molecule has 0 unspecified atom stereocenters. The summed E-state index contributed by atoms with van der Waals surface area (Å²) in [5, 5.41) is 5.43. The molecule has 12 nitrogen and oxygen atoms in total. The molecule has 2 aromatic rings. The van der Waals surface area contributed by atoms with Crippen LogP contribution in [0.2, 0.25) is 0 Å². The van der Waals surface area contributed by atoms with E-state index in [2.05, 4.69) is 15.4 Å². The minimum atomic E-state index is -1.29. The number of hydrogen-bond acceptors (Lipinski definition) is 9. The first-order valence-corrected chi connectivity index (χ1v) is 18.9. The second-order valence-corrected chi connectivity index (χ2v) is 14.9. The Kier molecular flexibility index (Phi) is 17.7. The number of rotatable bonds is 22. The fourth-order valence-corrected chi connectivity index (χ4v) is 6.67. The lowest BCUT2D eigenvalue weighted by atomic mass is 9.89. The highest BCUT2D eigenvalue weighted by Crippen LogP contribution is 2.24. The highest BCUT2D eigenvalue weighted by molar-refractivity contribution is 5.96. The summed E-state index contributed by atoms with van der Waals surface area (Å²) in [6.45, 7) is 9.23. The van der Waals surface area contributed by atoms with E-state index in [1.165, 1.54) is 14.0 Å². The molecule has 1 aliphatic heterocycles. The van der Waals surface area contributed by atoms with Crippen molar-refractivity contribution >= 4 is 41.0 Å². The van der Waals surface area contributed by atoms with Crippen LogP contribution in [0.3, 0.4) is 0 Å². The van der Waals surface area contributed by atoms with Crippen LogP contribution < -0.4 is 10.6 Å². The van der Waals surface area contributed by atoms with E-state index in [4.69, 9.17) is 4.74 Å². The Balaban J connectivity index is 1.72. The van der Waals surface area contributed by atoms with Gasteiger partial charge >= 0.3 is 5.97 Å². The zero-order chi connectivity index (χ0) is 39.8. The minimum Gasteiger partial charge on any atom is -0.469 e. The van der Waals surface area contributed by atoms with Crippen LogP contribution in [0.25, 0.3) is 11.1 Å². The Labute approximate surface area is 319 Å². The van der Waals surface area contributed by atoms with Gasteiger partial charge in [-0.3, -0.25) is 33.6 Å². The van der Waals surface area contributed by atoms with Crippen molar-refractivity contribution in [3.05, 3.63) is 60.2 Å². The van der Waals surface area contributed by atoms with Crippen LogP contribution in [-0.2, 0) is 49.6 Å². The SMILES string of the molecule is COC(=O)CCC(=O)[C@H](CC(C)C)NC(=O)[C@H](CC(=O)CNC(=O)[C@@H](CC(=O)[C@@H]1CCCN1C(C)=O)CC(C)C)OCc1ccc(-c2ccccc2)cc1. The van der Waals surface area contributed by atoms with Crippen LogP contribution in [-0.4, -0.2) is 84.3 Å². The summed E-state index contributed by atoms with van der Waals surface area (Å²) in [7, 11) is 1.24. The van der Waals surface area contributed by atoms with Crippen molar-refractivity contribution in [2.24, 2.45) is 17.8 Å². The number of nitrogens with one attached hydrogen (secondary N) is 2. The van der Waals surface area contributed by atoms with E-state index in [0.29, 0.717) is 25.8 Å². The topological polar surface area (TPSA) is 165 Å². The number of likely N-dealkylation sites (tertiary alicyclic amines) is 1. The molecule has 0 aliphatic carbocycles. The monoisotopic (exact) mass is 747 g/mol. The molecule has 1 aliphatic rings. The maximum absolute atomic E-state index is 13.7. The molecule has 0 radical (unpaired) electrons. The minimum absolute atomic E-state index is 0.00501. The number of ether oxygens (including phenoxy) is 2. The Bertz CT molecular complexity index is 1590. The average molecular weight is 748 g/mol. The van der Waals surface area contributed by atoms with E-state index in [9.17, 15) is 33.6 Å². The molecule has 294 valence electrons. The summed E-state index contributed by atoms with van der Waals surface area (Å²) >= 11 is 0. The van der Waals surface area contributed by atoms with Crippen LogP contribution in [0.4, 0.5) is 0 Å². The standard InChI is InChI=1S/C42H57N3O9/c1-27(2)21-33(23-38(49)36-13-10-20-45(36)29(5)46)41(51)43-25-34(47)24-39(42(52)44-35(22-28(3)4)37(48)18-19-40(50)53-6)54-26-30-14-16-32(17-15-30)31-11-8-7-9-12-31/h7-9,11-12,14-17,27-28,33,35-36,39H,10,13,18-26H2,1-6H3,(H,43,51)(H,44,52)/t33-,35+,36+,39+/m1/s1. The van der Waals surface area contributed by atoms with Crippen LogP contribution in [0, 0.1) is 17.8 Å². The number of Topliss-reactive ketones (excluding diaryl/α,β-unsaturated/α-hetero) is 3. The van der Waals surface area contributed by atoms with Gasteiger partial charge in [0.05, 0.1) is 38.8 Å². The maximum Gasteiger partial charge on any atom is 0.305 e. The quantitative estimate of drug-likeness (QED) is 0.158. The number of ketones is 3. The van der Waals surface area contributed by atoms with Gasteiger partial charge in [0.1, 0.15) is 6.10 Å². The van der Waals surface area contributed by atoms with E-state index in [0.717, 1.165) is 23.1 Å². The van der Waals surface area contributed by atoms with Gasteiger partial charge in [0.15, 0.2) is 17.3 Å². The predicted octanol–water partition coefficient (Wildman–Crippen LogP) is 5.00. The third-order valence-electron chi connectivity index (χ3n) is 9.50. The number of esters is 1. The fraction of sp³-hybridized carbons (Fsp3) is 0.548. The van der Waals surface area contributed by atoms with E-state index in [1.807, 2.05) is 82.3 Å². The van der Waals surface area contributed by atoms with Gasteiger partial charge in [0, 0.05) is 38.6 Å². The van der Waals surface area contributed by atoms with Crippen molar-refractivity contribution in [3.8, 4) is 11.1 Å². The Morgan fingerprint density at radius 1 is 0.815 bits per heavy atom. The van der Waals surface area contributed by atoms with Gasteiger partial charge < -0.3 is 25.0 Å². The van der Waals surface area contributed by atoms with Gasteiger partial charge in [0.2, 0.25) is 17.7 Å². The Hall–Kier alpha value is -4.71. The van der Waals surface area contributed by atoms with Crippen LogP contribution in [0.5, 0.6) is 0 Å². The lowest BCUT2D eigenvalue weighted by Gasteiger charge is -2.25. The molecular weight excluding hydrogens is 690 g/mol. The van der Waals surface area contributed by atoms with Crippen molar-refractivity contribution < 1.29 is 43.0 Å². The zero-order valence-electron chi connectivity index (χ0n) is 32.6. The molecule has 4 atom stereocenters. The van der Waals surface area contributed by atoms with Crippen molar-refractivity contribution in [3.63, 3.8) is 0 Å². The average Bonchev–Trinajstić information content (AvgIpc) is 3.65. The van der Waals surface area contributed by atoms with Crippen molar-refractivity contribution in [1.82, 2.24) is 15.5 Å². The molecule has 12 heteroatoms. The predicted molar refractivity (Wildman–Crippen MR) is 204 cm³/mol. The summed E-state index contributed by atoms with van der Waals surface area (Å²) in [6, 6.07) is 16.0. The Morgan fingerprint density at radius 3 is 2.07 bits per heavy atom. The molecule has 2 aromatic carbocycles. The van der Waals surface area contributed by atoms with Gasteiger partial charge in [-0.05, 0) is 54.2 Å². The highest BCUT2D eigenvalue weighted by atomic mass is 16.5. The summed E-state index contributed by atoms with van der Waals surface area (Å²) in [5.74, 6) is -3.39. The summed E-state index contributed by atoms with van der Waals surface area (Å²) in [5.41, 5.74) is 2.80. The number of methoxy groups -OCH3 is 1. The molecule has 1 heterocycles. The molecule has 1 saturated heterocycles. The Morgan fingerprint density at radius 2 is 1.46 bits per heavy atom. The van der Waals surface area contributed by atoms with Crippen molar-refractivity contribution in [2.45, 2.75) is 111 Å². The summed E-state index contributed by atoms with van der Waals surface area (Å²) in [6.07, 6.45) is 0.0238. The number of carbonyl (C=O) groups excluding carboxylic acids is 7. The zero-order valence-corrected chi connectivity index (χ0v) is 32.6. The molecule has 0 spiro atoms. The van der Waals surface area contributed by atoms with Gasteiger partial charge in [-0.15, -0.1) is 0 Å². The number of carbonyl (C=O) groups is 7. The first-order chi connectivity index (χ1) is 25.7. The largest absolute Gasteiger partial charge is 0.469 e. The third kappa shape index (κ3) is 14.3. The molecule has 2 N–H and O–H groups in total. The number of amides is 3. The highest BCUT2D eigenvalue weighted by Gasteiger charge is 2.35. The molecule has 0 saturated carbocycles. The first-order valence-electron chi connectivity index (χ1n) is 18.9. The molecule has 3 rings (SSSR count). The molecule has 3 amide bonds. The van der Waals surface area contributed by atoms with Crippen LogP contribution in [0.1, 0.15) is 91.5 Å². The second kappa shape index (κ2) is 21.9.